The summed E-state index contributed by atoms with van der Waals surface area (Å²) in [6.45, 7) is 6.53. The highest BCUT2D eigenvalue weighted by Gasteiger charge is 2.04. The monoisotopic (exact) mass is 265 g/mol. The quantitative estimate of drug-likeness (QED) is 0.532. The molecule has 0 aliphatic heterocycles. The van der Waals surface area contributed by atoms with Gasteiger partial charge < -0.3 is 9.47 Å². The maximum absolute atomic E-state index is 11.1. The Hall–Kier alpha value is -1.39. The number of ether oxygens (including phenoxy) is 2. The van der Waals surface area contributed by atoms with Crippen molar-refractivity contribution in [3.8, 4) is 0 Å². The number of nitrogens with zero attached hydrogens (tertiary/aromatic N) is 1. The third kappa shape index (κ3) is 6.36. The molecule has 0 spiro atoms. The molecule has 0 aromatic heterocycles. The summed E-state index contributed by atoms with van der Waals surface area (Å²) < 4.78 is 10.1. The van der Waals surface area contributed by atoms with E-state index in [1.807, 2.05) is 19.2 Å². The van der Waals surface area contributed by atoms with Crippen molar-refractivity contribution in [1.82, 2.24) is 4.90 Å². The first-order valence-electron chi connectivity index (χ1n) is 6.60. The van der Waals surface area contributed by atoms with Gasteiger partial charge in [-0.2, -0.15) is 0 Å². The molecule has 0 unspecified atom stereocenters. The van der Waals surface area contributed by atoms with E-state index in [1.165, 1.54) is 11.1 Å². The molecule has 0 heterocycles. The molecule has 4 heteroatoms. The Morgan fingerprint density at radius 3 is 2.74 bits per heavy atom. The van der Waals surface area contributed by atoms with E-state index >= 15 is 0 Å². The van der Waals surface area contributed by atoms with Gasteiger partial charge in [0.25, 0.3) is 0 Å². The third-order valence-electron chi connectivity index (χ3n) is 2.84. The maximum Gasteiger partial charge on any atom is 0.332 e. The van der Waals surface area contributed by atoms with Gasteiger partial charge in [-0.25, -0.2) is 4.79 Å². The van der Waals surface area contributed by atoms with Gasteiger partial charge in [-0.15, -0.1) is 0 Å². The van der Waals surface area contributed by atoms with E-state index in [1.54, 1.807) is 6.92 Å². The van der Waals surface area contributed by atoms with Crippen molar-refractivity contribution in [2.45, 2.75) is 20.4 Å². The van der Waals surface area contributed by atoms with Crippen LogP contribution in [0.4, 0.5) is 0 Å². The number of carbonyl (C=O) groups excluding carboxylic acids is 1. The number of rotatable bonds is 8. The highest BCUT2D eigenvalue weighted by atomic mass is 16.6. The second kappa shape index (κ2) is 8.67. The van der Waals surface area contributed by atoms with Crippen molar-refractivity contribution >= 4 is 5.97 Å². The molecule has 4 nitrogen and oxygen atoms in total. The molecule has 106 valence electrons. The van der Waals surface area contributed by atoms with Gasteiger partial charge >= 0.3 is 5.97 Å². The van der Waals surface area contributed by atoms with Gasteiger partial charge in [0.2, 0.25) is 0 Å². The lowest BCUT2D eigenvalue weighted by molar-refractivity contribution is -0.148. The third-order valence-corrected chi connectivity index (χ3v) is 2.84. The zero-order chi connectivity index (χ0) is 14.1. The van der Waals surface area contributed by atoms with Crippen LogP contribution in [-0.4, -0.2) is 44.3 Å². The van der Waals surface area contributed by atoms with Crippen LogP contribution in [0.15, 0.2) is 24.3 Å². The van der Waals surface area contributed by atoms with Crippen LogP contribution in [0.5, 0.6) is 0 Å². The average Bonchev–Trinajstić information content (AvgIpc) is 2.38. The fraction of sp³-hybridized carbons (Fsp3) is 0.533. The maximum atomic E-state index is 11.1. The van der Waals surface area contributed by atoms with Gasteiger partial charge in [-0.05, 0) is 32.0 Å². The molecule has 0 atom stereocenters. The van der Waals surface area contributed by atoms with Gasteiger partial charge in [0.1, 0.15) is 6.61 Å². The molecule has 1 rings (SSSR count). The van der Waals surface area contributed by atoms with E-state index in [4.69, 9.17) is 9.47 Å². The molecular formula is C15H23NO3. The number of hydrogen-bond acceptors (Lipinski definition) is 4. The molecule has 0 radical (unpaired) electrons. The van der Waals surface area contributed by atoms with Crippen molar-refractivity contribution < 1.29 is 14.3 Å². The summed E-state index contributed by atoms with van der Waals surface area (Å²) in [5, 5.41) is 0. The van der Waals surface area contributed by atoms with Crippen molar-refractivity contribution in [2.75, 3.05) is 33.4 Å². The zero-order valence-electron chi connectivity index (χ0n) is 12.0. The van der Waals surface area contributed by atoms with E-state index in [9.17, 15) is 4.79 Å². The van der Waals surface area contributed by atoms with Gasteiger partial charge in [-0.1, -0.05) is 24.3 Å². The minimum absolute atomic E-state index is 0.0338. The number of carbonyl (C=O) groups is 1. The van der Waals surface area contributed by atoms with E-state index in [2.05, 4.69) is 24.0 Å². The molecule has 0 saturated heterocycles. The van der Waals surface area contributed by atoms with Crippen LogP contribution < -0.4 is 0 Å². The molecule has 1 aromatic carbocycles. The van der Waals surface area contributed by atoms with Crippen LogP contribution in [0, 0.1) is 6.92 Å². The fourth-order valence-corrected chi connectivity index (χ4v) is 1.74. The second-order valence-electron chi connectivity index (χ2n) is 4.52. The summed E-state index contributed by atoms with van der Waals surface area (Å²) in [6.07, 6.45) is 0. The first-order valence-corrected chi connectivity index (χ1v) is 6.60. The van der Waals surface area contributed by atoms with Crippen LogP contribution in [0.3, 0.4) is 0 Å². The number of hydrogen-bond donors (Lipinski definition) is 0. The zero-order valence-corrected chi connectivity index (χ0v) is 12.0. The molecule has 0 amide bonds. The average molecular weight is 265 g/mol. The number of benzene rings is 1. The molecule has 1 aromatic rings. The molecular weight excluding hydrogens is 242 g/mol. The van der Waals surface area contributed by atoms with Crippen LogP contribution in [0.2, 0.25) is 0 Å². The van der Waals surface area contributed by atoms with Crippen LogP contribution in [0.25, 0.3) is 0 Å². The van der Waals surface area contributed by atoms with Gasteiger partial charge in [0.15, 0.2) is 0 Å². The predicted molar refractivity (Wildman–Crippen MR) is 75.0 cm³/mol. The lowest BCUT2D eigenvalue weighted by Gasteiger charge is -2.17. The molecule has 19 heavy (non-hydrogen) atoms. The molecule has 0 aliphatic rings. The summed E-state index contributed by atoms with van der Waals surface area (Å²) in [5.74, 6) is -0.302. The Morgan fingerprint density at radius 2 is 2.05 bits per heavy atom. The highest BCUT2D eigenvalue weighted by molar-refractivity contribution is 5.70. The Morgan fingerprint density at radius 1 is 1.32 bits per heavy atom. The van der Waals surface area contributed by atoms with E-state index in [0.29, 0.717) is 13.2 Å². The summed E-state index contributed by atoms with van der Waals surface area (Å²) in [6, 6.07) is 8.33. The number of likely N-dealkylation sites (N-methyl/N-ethyl adjacent to an activating group) is 1. The summed E-state index contributed by atoms with van der Waals surface area (Å²) in [7, 11) is 2.04. The molecule has 0 N–H and O–H groups in total. The summed E-state index contributed by atoms with van der Waals surface area (Å²) >= 11 is 0. The molecule has 0 fully saturated rings. The standard InChI is InChI=1S/C15H23NO3/c1-4-19-15(17)12-18-10-9-16(3)11-14-8-6-5-7-13(14)2/h5-8H,4,9-12H2,1-3H3. The normalized spacial score (nSPS) is 10.7. The van der Waals surface area contributed by atoms with Crippen LogP contribution >= 0.6 is 0 Å². The summed E-state index contributed by atoms with van der Waals surface area (Å²) in [5.41, 5.74) is 2.61. The van der Waals surface area contributed by atoms with Crippen molar-refractivity contribution in [3.63, 3.8) is 0 Å². The largest absolute Gasteiger partial charge is 0.464 e. The highest BCUT2D eigenvalue weighted by Crippen LogP contribution is 2.08. The van der Waals surface area contributed by atoms with E-state index in [0.717, 1.165) is 13.1 Å². The van der Waals surface area contributed by atoms with Gasteiger partial charge in [-0.3, -0.25) is 4.90 Å². The lowest BCUT2D eigenvalue weighted by Crippen LogP contribution is -2.24. The van der Waals surface area contributed by atoms with Gasteiger partial charge in [0.05, 0.1) is 13.2 Å². The van der Waals surface area contributed by atoms with E-state index < -0.39 is 0 Å². The number of esters is 1. The second-order valence-corrected chi connectivity index (χ2v) is 4.52. The predicted octanol–water partition coefficient (Wildman–Crippen LogP) is 2.01. The van der Waals surface area contributed by atoms with Crippen molar-refractivity contribution in [2.24, 2.45) is 0 Å². The first kappa shape index (κ1) is 15.7. The summed E-state index contributed by atoms with van der Waals surface area (Å²) in [4.78, 5) is 13.2. The fourth-order valence-electron chi connectivity index (χ4n) is 1.74. The Kier molecular flexibility index (Phi) is 7.15. The number of aryl methyl sites for hydroxylation is 1. The topological polar surface area (TPSA) is 38.8 Å². The lowest BCUT2D eigenvalue weighted by atomic mass is 10.1. The van der Waals surface area contributed by atoms with E-state index in [-0.39, 0.29) is 12.6 Å². The van der Waals surface area contributed by atoms with Crippen LogP contribution in [0.1, 0.15) is 18.1 Å². The first-order chi connectivity index (χ1) is 9.13. The SMILES string of the molecule is CCOC(=O)COCCN(C)Cc1ccccc1C. The Labute approximate surface area is 115 Å². The Balaban J connectivity index is 2.20. The van der Waals surface area contributed by atoms with Crippen molar-refractivity contribution in [3.05, 3.63) is 35.4 Å². The molecule has 0 saturated carbocycles. The van der Waals surface area contributed by atoms with Crippen LogP contribution in [-0.2, 0) is 20.8 Å². The smallest absolute Gasteiger partial charge is 0.332 e. The molecule has 0 bridgehead atoms. The Bertz CT molecular complexity index is 393. The minimum Gasteiger partial charge on any atom is -0.464 e. The van der Waals surface area contributed by atoms with Gasteiger partial charge in [0, 0.05) is 13.1 Å². The minimum atomic E-state index is -0.302. The molecule has 0 aliphatic carbocycles. The van der Waals surface area contributed by atoms with Crippen molar-refractivity contribution in [1.29, 1.82) is 0 Å².